The van der Waals surface area contributed by atoms with Gasteiger partial charge in [0.2, 0.25) is 0 Å². The van der Waals surface area contributed by atoms with Gasteiger partial charge in [-0.1, -0.05) is 23.5 Å². The SMILES string of the molecule is Cc1cc(O)ccc1NS(=O)(=O)c1cc(-c2sc(NC(C)C3CCOCC3)nc2C)ccc1C. The van der Waals surface area contributed by atoms with Gasteiger partial charge in [0.1, 0.15) is 5.75 Å². The molecule has 0 amide bonds. The molecule has 0 bridgehead atoms. The van der Waals surface area contributed by atoms with Crippen molar-refractivity contribution >= 4 is 32.2 Å². The van der Waals surface area contributed by atoms with Crippen LogP contribution in [0.25, 0.3) is 10.4 Å². The lowest BCUT2D eigenvalue weighted by Gasteiger charge is -2.28. The number of nitrogens with one attached hydrogen (secondary N) is 2. The highest BCUT2D eigenvalue weighted by Gasteiger charge is 2.23. The smallest absolute Gasteiger partial charge is 0.262 e. The molecule has 1 aliphatic heterocycles. The van der Waals surface area contributed by atoms with Crippen molar-refractivity contribution in [2.24, 2.45) is 5.92 Å². The fourth-order valence-electron chi connectivity index (χ4n) is 4.25. The number of nitrogens with zero attached hydrogens (tertiary/aromatic N) is 1. The van der Waals surface area contributed by atoms with Crippen molar-refractivity contribution in [2.45, 2.75) is 51.5 Å². The largest absolute Gasteiger partial charge is 0.508 e. The fourth-order valence-corrected chi connectivity index (χ4v) is 6.71. The average Bonchev–Trinajstić information content (AvgIpc) is 3.16. The van der Waals surface area contributed by atoms with Crippen molar-refractivity contribution in [1.82, 2.24) is 4.98 Å². The molecular formula is C25H31N3O4S2. The first-order valence-electron chi connectivity index (χ1n) is 11.4. The number of aryl methyl sites for hydroxylation is 3. The van der Waals surface area contributed by atoms with Crippen LogP contribution in [0.1, 0.15) is 36.6 Å². The van der Waals surface area contributed by atoms with Gasteiger partial charge < -0.3 is 15.2 Å². The number of rotatable bonds is 7. The van der Waals surface area contributed by atoms with Crippen molar-refractivity contribution in [3.05, 3.63) is 53.2 Å². The maximum Gasteiger partial charge on any atom is 0.262 e. The van der Waals surface area contributed by atoms with Crippen LogP contribution in [-0.2, 0) is 14.8 Å². The Morgan fingerprint density at radius 2 is 1.82 bits per heavy atom. The van der Waals surface area contributed by atoms with E-state index in [1.54, 1.807) is 37.3 Å². The molecule has 182 valence electrons. The van der Waals surface area contributed by atoms with E-state index in [1.807, 2.05) is 19.1 Å². The lowest BCUT2D eigenvalue weighted by Crippen LogP contribution is -2.30. The molecule has 9 heteroatoms. The standard InChI is InChI=1S/C25H31N3O4S2/c1-15-5-6-20(14-23(15)34(30,31)28-22-8-7-21(29)13-16(22)2)24-18(4)27-25(33-24)26-17(3)19-9-11-32-12-10-19/h5-8,13-14,17,19,28-29H,9-12H2,1-4H3,(H,26,27). The van der Waals surface area contributed by atoms with Crippen LogP contribution in [0.15, 0.2) is 41.3 Å². The summed E-state index contributed by atoms with van der Waals surface area (Å²) in [5.74, 6) is 0.641. The van der Waals surface area contributed by atoms with Gasteiger partial charge in [-0.3, -0.25) is 4.72 Å². The Hall–Kier alpha value is -2.62. The molecule has 3 aromatic rings. The summed E-state index contributed by atoms with van der Waals surface area (Å²) in [5.41, 5.74) is 3.41. The quantitative estimate of drug-likeness (QED) is 0.371. The van der Waals surface area contributed by atoms with E-state index in [0.29, 0.717) is 22.7 Å². The highest BCUT2D eigenvalue weighted by molar-refractivity contribution is 7.92. The predicted molar refractivity (Wildman–Crippen MR) is 137 cm³/mol. The summed E-state index contributed by atoms with van der Waals surface area (Å²) in [6, 6.07) is 10.3. The van der Waals surface area contributed by atoms with Crippen molar-refractivity contribution < 1.29 is 18.3 Å². The second kappa shape index (κ2) is 9.93. The molecule has 2 heterocycles. The van der Waals surface area contributed by atoms with Crippen LogP contribution in [0.2, 0.25) is 0 Å². The van der Waals surface area contributed by atoms with Gasteiger partial charge >= 0.3 is 0 Å². The second-order valence-corrected chi connectivity index (χ2v) is 11.6. The molecule has 0 spiro atoms. The molecule has 1 fully saturated rings. The molecule has 4 rings (SSSR count). The van der Waals surface area contributed by atoms with Gasteiger partial charge in [-0.05, 0) is 87.4 Å². The van der Waals surface area contributed by atoms with Crippen LogP contribution < -0.4 is 10.0 Å². The maximum absolute atomic E-state index is 13.2. The minimum atomic E-state index is -3.82. The number of hydrogen-bond donors (Lipinski definition) is 3. The number of phenolic OH excluding ortho intramolecular Hbond substituents is 1. The monoisotopic (exact) mass is 501 g/mol. The lowest BCUT2D eigenvalue weighted by molar-refractivity contribution is 0.0622. The van der Waals surface area contributed by atoms with Crippen LogP contribution in [-0.4, -0.2) is 37.8 Å². The Labute approximate surface area is 205 Å². The first kappa shape index (κ1) is 24.5. The zero-order valence-corrected chi connectivity index (χ0v) is 21.5. The molecule has 1 atom stereocenters. The van der Waals surface area contributed by atoms with E-state index in [1.165, 1.54) is 12.1 Å². The van der Waals surface area contributed by atoms with Gasteiger partial charge in [0.15, 0.2) is 5.13 Å². The van der Waals surface area contributed by atoms with E-state index in [2.05, 4.69) is 17.0 Å². The summed E-state index contributed by atoms with van der Waals surface area (Å²) < 4.78 is 34.6. The molecule has 2 aromatic carbocycles. The molecular weight excluding hydrogens is 470 g/mol. The zero-order valence-electron chi connectivity index (χ0n) is 19.9. The number of benzene rings is 2. The number of ether oxygens (including phenoxy) is 1. The van der Waals surface area contributed by atoms with Crippen LogP contribution in [0.5, 0.6) is 5.75 Å². The maximum atomic E-state index is 13.2. The third kappa shape index (κ3) is 5.37. The summed E-state index contributed by atoms with van der Waals surface area (Å²) in [6.45, 7) is 9.26. The molecule has 1 aromatic heterocycles. The zero-order chi connectivity index (χ0) is 24.5. The summed E-state index contributed by atoms with van der Waals surface area (Å²) in [7, 11) is -3.82. The predicted octanol–water partition coefficient (Wildman–Crippen LogP) is 5.47. The van der Waals surface area contributed by atoms with E-state index >= 15 is 0 Å². The summed E-state index contributed by atoms with van der Waals surface area (Å²) in [4.78, 5) is 5.87. The topological polar surface area (TPSA) is 101 Å². The van der Waals surface area contributed by atoms with Gasteiger partial charge in [0.05, 0.1) is 21.2 Å². The number of thiazole rings is 1. The Morgan fingerprint density at radius 3 is 2.53 bits per heavy atom. The number of anilines is 2. The first-order valence-corrected chi connectivity index (χ1v) is 13.7. The normalized spacial score (nSPS) is 15.8. The molecule has 1 unspecified atom stereocenters. The molecule has 1 saturated heterocycles. The van der Waals surface area contributed by atoms with E-state index in [0.717, 1.165) is 47.3 Å². The first-order chi connectivity index (χ1) is 16.1. The molecule has 34 heavy (non-hydrogen) atoms. The summed E-state index contributed by atoms with van der Waals surface area (Å²) >= 11 is 1.54. The van der Waals surface area contributed by atoms with Crippen LogP contribution in [0.4, 0.5) is 10.8 Å². The highest BCUT2D eigenvalue weighted by Crippen LogP contribution is 2.36. The van der Waals surface area contributed by atoms with E-state index in [4.69, 9.17) is 9.72 Å². The van der Waals surface area contributed by atoms with Crippen molar-refractivity contribution in [1.29, 1.82) is 0 Å². The number of hydrogen-bond acceptors (Lipinski definition) is 7. The Bertz CT molecular complexity index is 1280. The van der Waals surface area contributed by atoms with E-state index < -0.39 is 10.0 Å². The fraction of sp³-hybridized carbons (Fsp3) is 0.400. The second-order valence-electron chi connectivity index (χ2n) is 8.90. The van der Waals surface area contributed by atoms with Gasteiger partial charge in [-0.2, -0.15) is 0 Å². The molecule has 0 radical (unpaired) electrons. The van der Waals surface area contributed by atoms with Crippen molar-refractivity contribution in [3.63, 3.8) is 0 Å². The van der Waals surface area contributed by atoms with Crippen LogP contribution in [0.3, 0.4) is 0 Å². The average molecular weight is 502 g/mol. The molecule has 1 aliphatic rings. The van der Waals surface area contributed by atoms with Gasteiger partial charge in [-0.15, -0.1) is 0 Å². The third-order valence-electron chi connectivity index (χ3n) is 6.31. The molecule has 0 aliphatic carbocycles. The minimum Gasteiger partial charge on any atom is -0.508 e. The minimum absolute atomic E-state index is 0.0925. The van der Waals surface area contributed by atoms with Gasteiger partial charge in [-0.25, -0.2) is 13.4 Å². The van der Waals surface area contributed by atoms with Crippen LogP contribution >= 0.6 is 11.3 Å². The van der Waals surface area contributed by atoms with Gasteiger partial charge in [0, 0.05) is 19.3 Å². The van der Waals surface area contributed by atoms with Crippen molar-refractivity contribution in [2.75, 3.05) is 23.3 Å². The molecule has 3 N–H and O–H groups in total. The molecule has 0 saturated carbocycles. The highest BCUT2D eigenvalue weighted by atomic mass is 32.2. The number of aromatic hydroxyl groups is 1. The number of sulfonamides is 1. The van der Waals surface area contributed by atoms with Gasteiger partial charge in [0.25, 0.3) is 10.0 Å². The third-order valence-corrected chi connectivity index (χ3v) is 8.96. The van der Waals surface area contributed by atoms with E-state index in [-0.39, 0.29) is 16.7 Å². The number of aromatic nitrogens is 1. The Kier molecular flexibility index (Phi) is 7.16. The molecule has 7 nitrogen and oxygen atoms in total. The van der Waals surface area contributed by atoms with Crippen molar-refractivity contribution in [3.8, 4) is 16.2 Å². The van der Waals surface area contributed by atoms with E-state index in [9.17, 15) is 13.5 Å². The summed E-state index contributed by atoms with van der Waals surface area (Å²) in [6.07, 6.45) is 2.08. The number of phenols is 1. The lowest BCUT2D eigenvalue weighted by atomic mass is 9.93. The Balaban J connectivity index is 1.59. The van der Waals surface area contributed by atoms with Crippen LogP contribution in [0, 0.1) is 26.7 Å². The Morgan fingerprint density at radius 1 is 1.09 bits per heavy atom. The summed E-state index contributed by atoms with van der Waals surface area (Å²) in [5, 5.41) is 14.0.